The summed E-state index contributed by atoms with van der Waals surface area (Å²) in [5.41, 5.74) is 4.46. The second-order valence-corrected chi connectivity index (χ2v) is 9.71. The number of hydrogen-bond acceptors (Lipinski definition) is 6. The van der Waals surface area contributed by atoms with Gasteiger partial charge in [-0.3, -0.25) is 0 Å². The zero-order chi connectivity index (χ0) is 25.5. The molecule has 7 nitrogen and oxygen atoms in total. The minimum Gasteiger partial charge on any atom is -0.494 e. The van der Waals surface area contributed by atoms with Crippen molar-refractivity contribution in [2.75, 3.05) is 30.4 Å². The summed E-state index contributed by atoms with van der Waals surface area (Å²) in [7, 11) is 1.60. The summed E-state index contributed by atoms with van der Waals surface area (Å²) in [6, 6.07) is 12.2. The molecule has 1 saturated heterocycles. The molecule has 1 N–H and O–H groups in total. The van der Waals surface area contributed by atoms with Gasteiger partial charge in [0.1, 0.15) is 35.0 Å². The number of alkyl halides is 1. The van der Waals surface area contributed by atoms with Crippen LogP contribution in [0.15, 0.2) is 55.0 Å². The van der Waals surface area contributed by atoms with Gasteiger partial charge in [0, 0.05) is 36.0 Å². The fourth-order valence-corrected chi connectivity index (χ4v) is 5.37. The summed E-state index contributed by atoms with van der Waals surface area (Å²) >= 11 is 5.98. The van der Waals surface area contributed by atoms with E-state index in [1.54, 1.807) is 24.2 Å². The number of nitrogens with one attached hydrogen (secondary N) is 1. The number of methoxy groups -OCH3 is 1. The maximum Gasteiger partial charge on any atom is 0.229 e. The fraction of sp³-hybridized carbons (Fsp3) is 0.296. The van der Waals surface area contributed by atoms with Gasteiger partial charge in [-0.2, -0.15) is 4.98 Å². The predicted octanol–water partition coefficient (Wildman–Crippen LogP) is 5.83. The molecule has 2 atom stereocenters. The van der Waals surface area contributed by atoms with Crippen molar-refractivity contribution in [1.82, 2.24) is 19.5 Å². The molecule has 10 heteroatoms. The standard InChI is InChI=1S/C27H25ClF2N6O/c1-37-23-12-19(6-9-22(23)36-14-24(28)31-15-36)32-27-33-25-20(16-2-4-17(29)5-3-16)7-8-21(25)26(34-27)35-11-10-18(30)13-35/h2-6,9,12,14-15,18,20H,7-8,10-11,13H2,1H3,(H,32,33,34)/t18-,20?/m1/s1. The second kappa shape index (κ2) is 9.63. The van der Waals surface area contributed by atoms with Crippen LogP contribution < -0.4 is 15.0 Å². The van der Waals surface area contributed by atoms with Crippen LogP contribution >= 0.6 is 11.6 Å². The summed E-state index contributed by atoms with van der Waals surface area (Å²) in [6.45, 7) is 0.932. The first-order valence-electron chi connectivity index (χ1n) is 12.2. The Morgan fingerprint density at radius 1 is 1.11 bits per heavy atom. The van der Waals surface area contributed by atoms with Crippen molar-refractivity contribution in [3.8, 4) is 11.4 Å². The van der Waals surface area contributed by atoms with Gasteiger partial charge in [0.15, 0.2) is 0 Å². The molecule has 1 aliphatic heterocycles. The first kappa shape index (κ1) is 23.7. The summed E-state index contributed by atoms with van der Waals surface area (Å²) in [5.74, 6) is 1.56. The molecular weight excluding hydrogens is 498 g/mol. The lowest BCUT2D eigenvalue weighted by molar-refractivity contribution is 0.364. The quantitative estimate of drug-likeness (QED) is 0.343. The van der Waals surface area contributed by atoms with Crippen molar-refractivity contribution < 1.29 is 13.5 Å². The first-order valence-corrected chi connectivity index (χ1v) is 12.6. The van der Waals surface area contributed by atoms with E-state index in [9.17, 15) is 8.78 Å². The van der Waals surface area contributed by atoms with Crippen molar-refractivity contribution in [1.29, 1.82) is 0 Å². The van der Waals surface area contributed by atoms with E-state index in [-0.39, 0.29) is 11.7 Å². The van der Waals surface area contributed by atoms with Crippen LogP contribution in [0, 0.1) is 5.82 Å². The Bertz CT molecular complexity index is 1440. The Morgan fingerprint density at radius 2 is 1.95 bits per heavy atom. The summed E-state index contributed by atoms with van der Waals surface area (Å²) in [6.07, 6.45) is 4.56. The maximum atomic E-state index is 14.1. The van der Waals surface area contributed by atoms with E-state index in [0.29, 0.717) is 36.4 Å². The number of rotatable bonds is 6. The SMILES string of the molecule is COc1cc(Nc2nc3c(c(N4CC[C@@H](F)C4)n2)CCC3c2ccc(F)cc2)ccc1-n1cnc(Cl)c1. The van der Waals surface area contributed by atoms with E-state index in [2.05, 4.69) is 10.3 Å². The fourth-order valence-electron chi connectivity index (χ4n) is 5.22. The number of fused-ring (bicyclic) bond motifs is 1. The number of anilines is 3. The van der Waals surface area contributed by atoms with Gasteiger partial charge in [-0.15, -0.1) is 0 Å². The molecule has 1 unspecified atom stereocenters. The van der Waals surface area contributed by atoms with Crippen molar-refractivity contribution in [3.63, 3.8) is 0 Å². The number of imidazole rings is 1. The molecule has 2 aromatic carbocycles. The smallest absolute Gasteiger partial charge is 0.229 e. The van der Waals surface area contributed by atoms with Crippen molar-refractivity contribution in [2.24, 2.45) is 0 Å². The molecule has 4 aromatic rings. The number of benzene rings is 2. The van der Waals surface area contributed by atoms with Crippen LogP contribution in [-0.4, -0.2) is 45.9 Å². The minimum atomic E-state index is -0.871. The minimum absolute atomic E-state index is 0.0181. The van der Waals surface area contributed by atoms with Crippen molar-refractivity contribution in [2.45, 2.75) is 31.4 Å². The summed E-state index contributed by atoms with van der Waals surface area (Å²) in [4.78, 5) is 15.8. The van der Waals surface area contributed by atoms with Gasteiger partial charge in [-0.25, -0.2) is 18.7 Å². The third-order valence-corrected chi connectivity index (χ3v) is 7.19. The largest absolute Gasteiger partial charge is 0.494 e. The van der Waals surface area contributed by atoms with E-state index < -0.39 is 6.17 Å². The molecule has 190 valence electrons. The monoisotopic (exact) mass is 522 g/mol. The Kier molecular flexibility index (Phi) is 6.16. The van der Waals surface area contributed by atoms with E-state index in [0.717, 1.165) is 46.9 Å². The van der Waals surface area contributed by atoms with Gasteiger partial charge in [0.05, 0.1) is 25.0 Å². The zero-order valence-electron chi connectivity index (χ0n) is 20.2. The molecule has 0 amide bonds. The Hall–Kier alpha value is -3.72. The van der Waals surface area contributed by atoms with E-state index in [4.69, 9.17) is 26.3 Å². The van der Waals surface area contributed by atoms with Gasteiger partial charge in [-0.05, 0) is 49.1 Å². The summed E-state index contributed by atoms with van der Waals surface area (Å²) in [5, 5.41) is 3.70. The molecule has 2 aliphatic rings. The lowest BCUT2D eigenvalue weighted by Crippen LogP contribution is -2.23. The lowest BCUT2D eigenvalue weighted by atomic mass is 9.97. The molecule has 1 aliphatic carbocycles. The summed E-state index contributed by atoms with van der Waals surface area (Å²) < 4.78 is 35.1. The molecule has 6 rings (SSSR count). The molecular formula is C27H25ClF2N6O. The van der Waals surface area contributed by atoms with Crippen molar-refractivity contribution >= 4 is 29.1 Å². The Morgan fingerprint density at radius 3 is 2.65 bits per heavy atom. The normalized spacial score (nSPS) is 18.8. The van der Waals surface area contributed by atoms with E-state index >= 15 is 0 Å². The highest BCUT2D eigenvalue weighted by Gasteiger charge is 2.33. The molecule has 3 heterocycles. The van der Waals surface area contributed by atoms with E-state index in [1.807, 2.05) is 35.2 Å². The average Bonchev–Trinajstić information content (AvgIpc) is 3.64. The van der Waals surface area contributed by atoms with Gasteiger partial charge in [-0.1, -0.05) is 23.7 Å². The topological polar surface area (TPSA) is 68.1 Å². The molecule has 2 aromatic heterocycles. The average molecular weight is 523 g/mol. The highest BCUT2D eigenvalue weighted by atomic mass is 35.5. The van der Waals surface area contributed by atoms with Gasteiger partial charge < -0.3 is 19.5 Å². The maximum absolute atomic E-state index is 14.1. The van der Waals surface area contributed by atoms with Crippen LogP contribution in [0.1, 0.15) is 35.6 Å². The Labute approximate surface area is 218 Å². The van der Waals surface area contributed by atoms with Crippen LogP contribution in [-0.2, 0) is 6.42 Å². The third kappa shape index (κ3) is 4.59. The molecule has 0 saturated carbocycles. The van der Waals surface area contributed by atoms with E-state index in [1.165, 1.54) is 12.1 Å². The highest BCUT2D eigenvalue weighted by molar-refractivity contribution is 6.29. The van der Waals surface area contributed by atoms with Crippen LogP contribution in [0.4, 0.5) is 26.2 Å². The molecule has 1 fully saturated rings. The number of nitrogens with zero attached hydrogens (tertiary/aromatic N) is 5. The number of halogens is 3. The molecule has 0 bridgehead atoms. The number of ether oxygens (including phenoxy) is 1. The van der Waals surface area contributed by atoms with Crippen LogP contribution in [0.3, 0.4) is 0 Å². The number of aromatic nitrogens is 4. The van der Waals surface area contributed by atoms with Crippen LogP contribution in [0.5, 0.6) is 5.75 Å². The molecule has 0 radical (unpaired) electrons. The highest BCUT2D eigenvalue weighted by Crippen LogP contribution is 2.42. The zero-order valence-corrected chi connectivity index (χ0v) is 20.9. The third-order valence-electron chi connectivity index (χ3n) is 7.00. The first-order chi connectivity index (χ1) is 18.0. The van der Waals surface area contributed by atoms with Gasteiger partial charge >= 0.3 is 0 Å². The number of hydrogen-bond donors (Lipinski definition) is 1. The molecule has 37 heavy (non-hydrogen) atoms. The van der Waals surface area contributed by atoms with Gasteiger partial charge in [0.25, 0.3) is 0 Å². The van der Waals surface area contributed by atoms with Crippen LogP contribution in [0.25, 0.3) is 5.69 Å². The Balaban J connectivity index is 1.37. The molecule has 0 spiro atoms. The second-order valence-electron chi connectivity index (χ2n) is 9.32. The van der Waals surface area contributed by atoms with Crippen LogP contribution in [0.2, 0.25) is 5.15 Å². The predicted molar refractivity (Wildman–Crippen MR) is 139 cm³/mol. The van der Waals surface area contributed by atoms with Crippen molar-refractivity contribution in [3.05, 3.63) is 82.8 Å². The van der Waals surface area contributed by atoms with Gasteiger partial charge in [0.2, 0.25) is 5.95 Å². The lowest BCUT2D eigenvalue weighted by Gasteiger charge is -2.22.